The van der Waals surface area contributed by atoms with Crippen LogP contribution in [-0.4, -0.2) is 9.97 Å². The smallest absolute Gasteiger partial charge is 0.126 e. The average molecular weight is 221 g/mol. The van der Waals surface area contributed by atoms with E-state index >= 15 is 0 Å². The van der Waals surface area contributed by atoms with E-state index in [4.69, 9.17) is 1.37 Å². The number of benzene rings is 2. The van der Waals surface area contributed by atoms with E-state index in [1.54, 1.807) is 6.07 Å². The highest BCUT2D eigenvalue weighted by Crippen LogP contribution is 2.25. The Morgan fingerprint density at radius 1 is 0.941 bits per heavy atom. The van der Waals surface area contributed by atoms with E-state index in [0.29, 0.717) is 17.4 Å². The summed E-state index contributed by atoms with van der Waals surface area (Å²) in [5, 5.41) is 0.930. The molecule has 0 bridgehead atoms. The van der Waals surface area contributed by atoms with E-state index in [0.717, 1.165) is 16.6 Å². The number of hydrogen-bond acceptors (Lipinski definition) is 2. The maximum Gasteiger partial charge on any atom is 0.126 e. The molecule has 0 radical (unpaired) electrons. The minimum absolute atomic E-state index is 0.440. The lowest BCUT2D eigenvalue weighted by atomic mass is 10.1. The fraction of sp³-hybridized carbons (Fsp3) is 0.0667. The minimum Gasteiger partial charge on any atom is -0.233 e. The van der Waals surface area contributed by atoms with E-state index < -0.39 is 0 Å². The first-order valence-corrected chi connectivity index (χ1v) is 5.55. The first-order valence-electron chi connectivity index (χ1n) is 6.05. The van der Waals surface area contributed by atoms with Crippen LogP contribution >= 0.6 is 0 Å². The molecule has 0 unspecified atom stereocenters. The summed E-state index contributed by atoms with van der Waals surface area (Å²) in [6.07, 6.45) is 0. The van der Waals surface area contributed by atoms with Gasteiger partial charge in [0, 0.05) is 10.9 Å². The number of rotatable bonds is 1. The normalized spacial score (nSPS) is 11.5. The molecule has 1 aromatic heterocycles. The fourth-order valence-electron chi connectivity index (χ4n) is 1.94. The summed E-state index contributed by atoms with van der Waals surface area (Å²) in [7, 11) is 0. The van der Waals surface area contributed by atoms with Gasteiger partial charge in [-0.3, -0.25) is 0 Å². The highest BCUT2D eigenvalue weighted by molar-refractivity contribution is 5.92. The lowest BCUT2D eigenvalue weighted by Gasteiger charge is -2.06. The van der Waals surface area contributed by atoms with Crippen LogP contribution in [-0.2, 0) is 0 Å². The third-order valence-corrected chi connectivity index (χ3v) is 2.68. The monoisotopic (exact) mass is 221 g/mol. The Kier molecular flexibility index (Phi) is 2.08. The number of fused-ring (bicyclic) bond motifs is 1. The van der Waals surface area contributed by atoms with Crippen LogP contribution in [0.4, 0.5) is 0 Å². The van der Waals surface area contributed by atoms with Crippen LogP contribution in [0.1, 0.15) is 7.20 Å². The lowest BCUT2D eigenvalue weighted by Crippen LogP contribution is -1.93. The van der Waals surface area contributed by atoms with E-state index in [9.17, 15) is 0 Å². The molecule has 82 valence electrons. The molecule has 17 heavy (non-hydrogen) atoms. The van der Waals surface area contributed by atoms with Crippen LogP contribution in [0, 0.1) is 6.92 Å². The zero-order chi connectivity index (χ0) is 12.5. The van der Waals surface area contributed by atoms with Crippen molar-refractivity contribution in [2.75, 3.05) is 0 Å². The molecule has 0 aliphatic heterocycles. The van der Waals surface area contributed by atoms with Crippen LogP contribution in [0.25, 0.3) is 22.2 Å². The summed E-state index contributed by atoms with van der Waals surface area (Å²) in [5.74, 6) is 0.695. The molecular weight excluding hydrogens is 208 g/mol. The Bertz CT molecular complexity index is 708. The quantitative estimate of drug-likeness (QED) is 0.627. The van der Waals surface area contributed by atoms with Crippen molar-refractivity contribution >= 4 is 10.9 Å². The van der Waals surface area contributed by atoms with Crippen molar-refractivity contribution in [3.8, 4) is 11.3 Å². The van der Waals surface area contributed by atoms with Gasteiger partial charge in [-0.15, -0.1) is 0 Å². The zero-order valence-electron chi connectivity index (χ0n) is 10.5. The second kappa shape index (κ2) is 3.98. The maximum atomic E-state index is 7.93. The molecule has 0 saturated heterocycles. The van der Waals surface area contributed by atoms with Gasteiger partial charge in [-0.05, 0) is 13.0 Å². The maximum absolute atomic E-state index is 7.93. The third-order valence-electron chi connectivity index (χ3n) is 2.68. The molecule has 0 N–H and O–H groups in total. The first-order chi connectivity index (χ1) is 8.75. The molecule has 1 heterocycles. The van der Waals surface area contributed by atoms with E-state index in [-0.39, 0.29) is 0 Å². The van der Waals surface area contributed by atoms with Gasteiger partial charge in [-0.2, -0.15) is 0 Å². The van der Waals surface area contributed by atoms with Gasteiger partial charge in [-0.1, -0.05) is 48.5 Å². The molecule has 2 aromatic carbocycles. The molecule has 0 aliphatic rings. The first kappa shape index (κ1) is 8.88. The molecule has 3 aromatic rings. The summed E-state index contributed by atoms with van der Waals surface area (Å²) >= 11 is 0. The second-order valence-corrected chi connectivity index (χ2v) is 3.92. The Labute approximate surface area is 101 Å². The molecule has 2 heteroatoms. The largest absolute Gasteiger partial charge is 0.233 e. The van der Waals surface area contributed by atoms with E-state index in [1.165, 1.54) is 0 Å². The van der Waals surface area contributed by atoms with Crippen LogP contribution in [0.5, 0.6) is 0 Å². The summed E-state index contributed by atoms with van der Waals surface area (Å²) in [6.45, 7) is 1.86. The van der Waals surface area contributed by atoms with Gasteiger partial charge in [-0.25, -0.2) is 9.97 Å². The number of aryl methyl sites for hydroxylation is 1. The van der Waals surface area contributed by atoms with Gasteiger partial charge in [0.25, 0.3) is 0 Å². The predicted molar refractivity (Wildman–Crippen MR) is 69.7 cm³/mol. The average Bonchev–Trinajstić information content (AvgIpc) is 2.40. The Morgan fingerprint density at radius 3 is 2.53 bits per heavy atom. The minimum atomic E-state index is 0.440. The predicted octanol–water partition coefficient (Wildman–Crippen LogP) is 3.61. The van der Waals surface area contributed by atoms with E-state index in [2.05, 4.69) is 9.97 Å². The van der Waals surface area contributed by atoms with E-state index in [1.807, 2.05) is 49.4 Å². The summed E-state index contributed by atoms with van der Waals surface area (Å²) in [5.41, 5.74) is 2.66. The number of aromatic nitrogens is 2. The lowest BCUT2D eigenvalue weighted by molar-refractivity contribution is 1.10. The second-order valence-electron chi connectivity index (χ2n) is 3.92. The van der Waals surface area contributed by atoms with Crippen molar-refractivity contribution in [2.45, 2.75) is 6.92 Å². The standard InChI is InChI=1S/C15H12N2/c1-11-16-14-10-6-5-9-13(14)15(17-11)12-7-3-2-4-8-12/h2-10H,1H3/i10D. The highest BCUT2D eigenvalue weighted by Gasteiger charge is 2.06. The van der Waals surface area contributed by atoms with Crippen molar-refractivity contribution < 1.29 is 1.37 Å². The van der Waals surface area contributed by atoms with Gasteiger partial charge >= 0.3 is 0 Å². The molecule has 0 amide bonds. The van der Waals surface area contributed by atoms with Crippen molar-refractivity contribution in [3.63, 3.8) is 0 Å². The highest BCUT2D eigenvalue weighted by atomic mass is 14.9. The topological polar surface area (TPSA) is 25.8 Å². The summed E-state index contributed by atoms with van der Waals surface area (Å²) < 4.78 is 7.93. The zero-order valence-corrected chi connectivity index (χ0v) is 9.51. The number of para-hydroxylation sites is 1. The van der Waals surface area contributed by atoms with Crippen LogP contribution in [0.3, 0.4) is 0 Å². The Morgan fingerprint density at radius 2 is 1.71 bits per heavy atom. The van der Waals surface area contributed by atoms with Gasteiger partial charge in [0.05, 0.1) is 12.6 Å². The third kappa shape index (κ3) is 1.78. The molecular formula is C15H12N2. The Hall–Kier alpha value is -2.22. The summed E-state index contributed by atoms with van der Waals surface area (Å²) in [4.78, 5) is 8.88. The summed E-state index contributed by atoms with van der Waals surface area (Å²) in [6, 6.07) is 16.0. The van der Waals surface area contributed by atoms with Gasteiger partial charge in [0.15, 0.2) is 0 Å². The molecule has 0 fully saturated rings. The SMILES string of the molecule is [2H]c1cccc2c(-c3ccccc3)nc(C)nc12. The van der Waals surface area contributed by atoms with Crippen molar-refractivity contribution in [3.05, 3.63) is 60.4 Å². The Balaban J connectivity index is 2.39. The number of hydrogen-bond donors (Lipinski definition) is 0. The van der Waals surface area contributed by atoms with Crippen molar-refractivity contribution in [1.29, 1.82) is 0 Å². The molecule has 2 nitrogen and oxygen atoms in total. The molecule has 0 atom stereocenters. The van der Waals surface area contributed by atoms with Crippen molar-refractivity contribution in [1.82, 2.24) is 9.97 Å². The molecule has 0 aliphatic carbocycles. The fourth-order valence-corrected chi connectivity index (χ4v) is 1.94. The van der Waals surface area contributed by atoms with Crippen LogP contribution in [0.15, 0.2) is 54.6 Å². The van der Waals surface area contributed by atoms with Gasteiger partial charge in [0.2, 0.25) is 0 Å². The molecule has 3 rings (SSSR count). The number of nitrogens with zero attached hydrogens (tertiary/aromatic N) is 2. The molecule has 0 spiro atoms. The van der Waals surface area contributed by atoms with Gasteiger partial charge in [0.1, 0.15) is 5.82 Å². The van der Waals surface area contributed by atoms with Crippen LogP contribution < -0.4 is 0 Å². The molecule has 0 saturated carbocycles. The van der Waals surface area contributed by atoms with Gasteiger partial charge < -0.3 is 0 Å². The van der Waals surface area contributed by atoms with Crippen molar-refractivity contribution in [2.24, 2.45) is 0 Å². The van der Waals surface area contributed by atoms with Crippen LogP contribution in [0.2, 0.25) is 0 Å².